The van der Waals surface area contributed by atoms with Crippen LogP contribution in [0.4, 0.5) is 0 Å². The van der Waals surface area contributed by atoms with Crippen LogP contribution < -0.4 is 5.32 Å². The molecule has 1 N–H and O–H groups in total. The van der Waals surface area contributed by atoms with E-state index in [1.807, 2.05) is 12.1 Å². The zero-order valence-corrected chi connectivity index (χ0v) is 10.6. The van der Waals surface area contributed by atoms with Gasteiger partial charge in [0.2, 0.25) is 0 Å². The summed E-state index contributed by atoms with van der Waals surface area (Å²) in [6, 6.07) is 8.31. The molecule has 0 spiro atoms. The van der Waals surface area contributed by atoms with Gasteiger partial charge in [-0.1, -0.05) is 30.7 Å². The third-order valence-electron chi connectivity index (χ3n) is 3.58. The van der Waals surface area contributed by atoms with Gasteiger partial charge in [-0.15, -0.1) is 0 Å². The highest BCUT2D eigenvalue weighted by Gasteiger charge is 2.16. The van der Waals surface area contributed by atoms with E-state index in [4.69, 9.17) is 11.6 Å². The highest BCUT2D eigenvalue weighted by molar-refractivity contribution is 6.30. The predicted molar refractivity (Wildman–Crippen MR) is 70.1 cm³/mol. The third-order valence-corrected chi connectivity index (χ3v) is 3.84. The minimum Gasteiger partial charge on any atom is -0.317 e. The minimum atomic E-state index is 0.653. The maximum atomic E-state index is 5.90. The second-order valence-electron chi connectivity index (χ2n) is 4.88. The minimum absolute atomic E-state index is 0.653. The number of benzene rings is 1. The van der Waals surface area contributed by atoms with Crippen LogP contribution >= 0.6 is 11.6 Å². The first-order chi connectivity index (χ1) is 7.75. The standard InChI is InChI=1S/C14H20ClN/c1-11(10-12-6-8-16-9-7-12)13-2-4-14(15)5-3-13/h2-5,11-12,16H,6-10H2,1H3. The zero-order valence-electron chi connectivity index (χ0n) is 9.88. The molecule has 2 rings (SSSR count). The van der Waals surface area contributed by atoms with E-state index < -0.39 is 0 Å². The molecular formula is C14H20ClN. The van der Waals surface area contributed by atoms with Crippen LogP contribution in [0, 0.1) is 5.92 Å². The number of rotatable bonds is 3. The van der Waals surface area contributed by atoms with Gasteiger partial charge < -0.3 is 5.32 Å². The summed E-state index contributed by atoms with van der Waals surface area (Å²) in [4.78, 5) is 0. The van der Waals surface area contributed by atoms with Crippen LogP contribution in [0.5, 0.6) is 0 Å². The molecule has 1 aliphatic rings. The van der Waals surface area contributed by atoms with Gasteiger partial charge in [-0.2, -0.15) is 0 Å². The Morgan fingerprint density at radius 3 is 2.50 bits per heavy atom. The van der Waals surface area contributed by atoms with Crippen LogP contribution in [0.15, 0.2) is 24.3 Å². The van der Waals surface area contributed by atoms with Crippen molar-refractivity contribution in [3.8, 4) is 0 Å². The first-order valence-corrected chi connectivity index (χ1v) is 6.59. The van der Waals surface area contributed by atoms with Crippen LogP contribution in [0.1, 0.15) is 37.7 Å². The fraction of sp³-hybridized carbons (Fsp3) is 0.571. The van der Waals surface area contributed by atoms with Crippen molar-refractivity contribution in [2.45, 2.75) is 32.1 Å². The number of halogens is 1. The Bertz CT molecular complexity index is 314. The highest BCUT2D eigenvalue weighted by atomic mass is 35.5. The molecule has 1 atom stereocenters. The number of hydrogen-bond donors (Lipinski definition) is 1. The summed E-state index contributed by atoms with van der Waals surface area (Å²) >= 11 is 5.90. The number of hydrogen-bond acceptors (Lipinski definition) is 1. The van der Waals surface area contributed by atoms with Crippen molar-refractivity contribution >= 4 is 11.6 Å². The van der Waals surface area contributed by atoms with Gasteiger partial charge in [0.1, 0.15) is 0 Å². The first kappa shape index (κ1) is 11.9. The molecule has 1 unspecified atom stereocenters. The van der Waals surface area contributed by atoms with Crippen LogP contribution in [0.25, 0.3) is 0 Å². The lowest BCUT2D eigenvalue weighted by Crippen LogP contribution is -2.28. The second-order valence-corrected chi connectivity index (χ2v) is 5.32. The second kappa shape index (κ2) is 5.70. The summed E-state index contributed by atoms with van der Waals surface area (Å²) in [6.07, 6.45) is 3.97. The molecule has 1 aromatic carbocycles. The average molecular weight is 238 g/mol. The molecule has 0 aliphatic carbocycles. The SMILES string of the molecule is CC(CC1CCNCC1)c1ccc(Cl)cc1. The quantitative estimate of drug-likeness (QED) is 0.843. The molecule has 0 bridgehead atoms. The van der Waals surface area contributed by atoms with Crippen molar-refractivity contribution in [2.24, 2.45) is 5.92 Å². The lowest BCUT2D eigenvalue weighted by atomic mass is 9.85. The Kier molecular flexibility index (Phi) is 4.25. The normalized spacial score (nSPS) is 19.6. The fourth-order valence-corrected chi connectivity index (χ4v) is 2.67. The molecule has 1 aliphatic heterocycles. The van der Waals surface area contributed by atoms with E-state index in [1.54, 1.807) is 0 Å². The highest BCUT2D eigenvalue weighted by Crippen LogP contribution is 2.28. The molecule has 1 aromatic rings. The van der Waals surface area contributed by atoms with E-state index in [0.717, 1.165) is 10.9 Å². The molecule has 0 aromatic heterocycles. The van der Waals surface area contributed by atoms with E-state index >= 15 is 0 Å². The van der Waals surface area contributed by atoms with Crippen molar-refractivity contribution in [1.29, 1.82) is 0 Å². The molecule has 0 saturated carbocycles. The Morgan fingerprint density at radius 2 is 1.88 bits per heavy atom. The largest absolute Gasteiger partial charge is 0.317 e. The lowest BCUT2D eigenvalue weighted by molar-refractivity contribution is 0.337. The van der Waals surface area contributed by atoms with Crippen molar-refractivity contribution in [3.05, 3.63) is 34.9 Å². The zero-order chi connectivity index (χ0) is 11.4. The van der Waals surface area contributed by atoms with E-state index in [0.29, 0.717) is 5.92 Å². The average Bonchev–Trinajstić information content (AvgIpc) is 2.31. The predicted octanol–water partition coefficient (Wildman–Crippen LogP) is 3.83. The van der Waals surface area contributed by atoms with Gasteiger partial charge in [-0.3, -0.25) is 0 Å². The first-order valence-electron chi connectivity index (χ1n) is 6.22. The molecule has 0 amide bonds. The number of piperidine rings is 1. The summed E-state index contributed by atoms with van der Waals surface area (Å²) in [5, 5.41) is 4.25. The van der Waals surface area contributed by atoms with Crippen molar-refractivity contribution < 1.29 is 0 Å². The summed E-state index contributed by atoms with van der Waals surface area (Å²) < 4.78 is 0. The Morgan fingerprint density at radius 1 is 1.25 bits per heavy atom. The smallest absolute Gasteiger partial charge is 0.0406 e. The summed E-state index contributed by atoms with van der Waals surface area (Å²) in [5.74, 6) is 1.55. The van der Waals surface area contributed by atoms with Crippen LogP contribution in [0.2, 0.25) is 5.02 Å². The Labute approximate surface area is 103 Å². The number of nitrogens with one attached hydrogen (secondary N) is 1. The van der Waals surface area contributed by atoms with Crippen LogP contribution in [0.3, 0.4) is 0 Å². The van der Waals surface area contributed by atoms with E-state index in [9.17, 15) is 0 Å². The molecule has 1 fully saturated rings. The third kappa shape index (κ3) is 3.23. The van der Waals surface area contributed by atoms with Gasteiger partial charge in [0.15, 0.2) is 0 Å². The van der Waals surface area contributed by atoms with Crippen LogP contribution in [-0.4, -0.2) is 13.1 Å². The lowest BCUT2D eigenvalue weighted by Gasteiger charge is -2.25. The molecule has 1 saturated heterocycles. The molecule has 0 radical (unpaired) electrons. The Hall–Kier alpha value is -0.530. The van der Waals surface area contributed by atoms with Crippen molar-refractivity contribution in [3.63, 3.8) is 0 Å². The van der Waals surface area contributed by atoms with E-state index in [-0.39, 0.29) is 0 Å². The fourth-order valence-electron chi connectivity index (χ4n) is 2.54. The topological polar surface area (TPSA) is 12.0 Å². The maximum Gasteiger partial charge on any atom is 0.0406 e. The van der Waals surface area contributed by atoms with Gasteiger partial charge in [0, 0.05) is 5.02 Å². The monoisotopic (exact) mass is 237 g/mol. The van der Waals surface area contributed by atoms with E-state index in [2.05, 4.69) is 24.4 Å². The van der Waals surface area contributed by atoms with Gasteiger partial charge in [-0.25, -0.2) is 0 Å². The molecular weight excluding hydrogens is 218 g/mol. The van der Waals surface area contributed by atoms with Crippen molar-refractivity contribution in [1.82, 2.24) is 5.32 Å². The molecule has 1 heterocycles. The summed E-state index contributed by atoms with van der Waals surface area (Å²) in [6.45, 7) is 4.71. The Balaban J connectivity index is 1.91. The molecule has 16 heavy (non-hydrogen) atoms. The van der Waals surface area contributed by atoms with Gasteiger partial charge in [-0.05, 0) is 61.9 Å². The maximum absolute atomic E-state index is 5.90. The van der Waals surface area contributed by atoms with Crippen molar-refractivity contribution in [2.75, 3.05) is 13.1 Å². The summed E-state index contributed by atoms with van der Waals surface area (Å²) in [7, 11) is 0. The van der Waals surface area contributed by atoms with Gasteiger partial charge in [0.05, 0.1) is 0 Å². The van der Waals surface area contributed by atoms with Gasteiger partial charge in [0.25, 0.3) is 0 Å². The van der Waals surface area contributed by atoms with E-state index in [1.165, 1.54) is 37.9 Å². The molecule has 2 heteroatoms. The molecule has 1 nitrogen and oxygen atoms in total. The van der Waals surface area contributed by atoms with Crippen LogP contribution in [-0.2, 0) is 0 Å². The summed E-state index contributed by atoms with van der Waals surface area (Å²) in [5.41, 5.74) is 1.42. The molecule has 88 valence electrons. The van der Waals surface area contributed by atoms with Gasteiger partial charge >= 0.3 is 0 Å².